The van der Waals surface area contributed by atoms with Crippen LogP contribution in [0.3, 0.4) is 0 Å². The molecule has 0 heterocycles. The Balaban J connectivity index is 4.12. The summed E-state index contributed by atoms with van der Waals surface area (Å²) in [6, 6.07) is 0. The lowest BCUT2D eigenvalue weighted by molar-refractivity contribution is 0.207. The smallest absolute Gasteiger partial charge is 0.0169 e. The average Bonchev–Trinajstić information content (AvgIpc) is 2.06. The van der Waals surface area contributed by atoms with Crippen LogP contribution in [0.25, 0.3) is 0 Å². The van der Waals surface area contributed by atoms with Crippen molar-refractivity contribution in [1.29, 1.82) is 0 Å². The molecular weight excluding hydrogens is 321 g/mol. The van der Waals surface area contributed by atoms with E-state index in [0.717, 1.165) is 12.5 Å². The number of rotatable bonds is 7. The summed E-state index contributed by atoms with van der Waals surface area (Å²) < 4.78 is 3.21. The fraction of sp³-hybridized carbons (Fsp3) is 1.00. The lowest BCUT2D eigenvalue weighted by atomic mass is 9.75. The minimum atomic E-state index is 0.470. The van der Waals surface area contributed by atoms with Gasteiger partial charge in [-0.15, -0.1) is 0 Å². The zero-order valence-corrected chi connectivity index (χ0v) is 14.9. The van der Waals surface area contributed by atoms with Gasteiger partial charge < -0.3 is 0 Å². The molecule has 0 radical (unpaired) electrons. The van der Waals surface area contributed by atoms with Gasteiger partial charge in [0.25, 0.3) is 0 Å². The Morgan fingerprint density at radius 1 is 0.882 bits per heavy atom. The van der Waals surface area contributed by atoms with Crippen LogP contribution in [0.2, 0.25) is 0 Å². The van der Waals surface area contributed by atoms with Crippen LogP contribution in [-0.4, -0.2) is 6.54 Å². The van der Waals surface area contributed by atoms with E-state index in [4.69, 9.17) is 0 Å². The Hall–Kier alpha value is 0.690. The highest BCUT2D eigenvalue weighted by Gasteiger charge is 2.23. The summed E-state index contributed by atoms with van der Waals surface area (Å²) in [4.78, 5) is 0. The van der Waals surface area contributed by atoms with Crippen molar-refractivity contribution in [2.24, 2.45) is 16.7 Å². The zero-order valence-electron chi connectivity index (χ0n) is 12.7. The minimum absolute atomic E-state index is 0.470. The highest BCUT2D eigenvalue weighted by molar-refractivity contribution is 14.1. The minimum Gasteiger partial charge on any atom is -0.261 e. The first-order valence-electron chi connectivity index (χ1n) is 6.97. The van der Waals surface area contributed by atoms with Gasteiger partial charge in [-0.2, -0.15) is 0 Å². The Morgan fingerprint density at radius 3 is 1.71 bits per heavy atom. The van der Waals surface area contributed by atoms with Crippen LogP contribution >= 0.6 is 22.9 Å². The average molecular weight is 353 g/mol. The maximum Gasteiger partial charge on any atom is 0.0169 e. The second-order valence-corrected chi connectivity index (χ2v) is 8.54. The number of halogens is 1. The van der Waals surface area contributed by atoms with Crippen molar-refractivity contribution in [2.45, 2.75) is 73.6 Å². The van der Waals surface area contributed by atoms with E-state index >= 15 is 0 Å². The van der Waals surface area contributed by atoms with Crippen molar-refractivity contribution in [3.63, 3.8) is 0 Å². The highest BCUT2D eigenvalue weighted by Crippen LogP contribution is 2.35. The Kier molecular flexibility index (Phi) is 8.30. The molecule has 0 saturated heterocycles. The molecule has 104 valence electrons. The summed E-state index contributed by atoms with van der Waals surface area (Å²) in [6.45, 7) is 15.4. The van der Waals surface area contributed by atoms with E-state index < -0.39 is 0 Å². The van der Waals surface area contributed by atoms with Crippen molar-refractivity contribution in [1.82, 2.24) is 3.53 Å². The molecule has 0 fully saturated rings. The van der Waals surface area contributed by atoms with Crippen LogP contribution in [0.15, 0.2) is 0 Å². The van der Waals surface area contributed by atoms with Gasteiger partial charge in [-0.3, -0.25) is 3.53 Å². The molecule has 0 amide bonds. The maximum atomic E-state index is 3.21. The summed E-state index contributed by atoms with van der Waals surface area (Å²) >= 11 is 2.24. The fourth-order valence-electron chi connectivity index (χ4n) is 2.63. The molecule has 2 heteroatoms. The van der Waals surface area contributed by atoms with Gasteiger partial charge in [0.15, 0.2) is 0 Å². The molecule has 0 bridgehead atoms. The second-order valence-electron chi connectivity index (χ2n) is 7.78. The van der Waals surface area contributed by atoms with Crippen molar-refractivity contribution >= 4 is 22.9 Å². The van der Waals surface area contributed by atoms with Crippen molar-refractivity contribution in [3.05, 3.63) is 0 Å². The predicted octanol–water partition coefficient (Wildman–Crippen LogP) is 5.58. The molecule has 0 saturated carbocycles. The maximum absolute atomic E-state index is 3.21. The Morgan fingerprint density at radius 2 is 1.35 bits per heavy atom. The molecule has 1 N–H and O–H groups in total. The van der Waals surface area contributed by atoms with Crippen molar-refractivity contribution in [2.75, 3.05) is 6.54 Å². The third-order valence-electron chi connectivity index (χ3n) is 2.94. The molecule has 0 unspecified atom stereocenters. The molecule has 0 aliphatic rings. The van der Waals surface area contributed by atoms with E-state index in [0.29, 0.717) is 10.8 Å². The SMILES string of the molecule is CC(C)(C)CC(CCCCNI)CC(C)(C)C. The summed E-state index contributed by atoms with van der Waals surface area (Å²) in [6.07, 6.45) is 6.80. The number of nitrogens with one attached hydrogen (secondary N) is 1. The van der Waals surface area contributed by atoms with E-state index in [-0.39, 0.29) is 0 Å². The summed E-state index contributed by atoms with van der Waals surface area (Å²) in [5.74, 6) is 0.893. The quantitative estimate of drug-likeness (QED) is 0.358. The van der Waals surface area contributed by atoms with Gasteiger partial charge in [-0.05, 0) is 36.0 Å². The zero-order chi connectivity index (χ0) is 13.5. The van der Waals surface area contributed by atoms with Crippen LogP contribution < -0.4 is 3.53 Å². The number of hydrogen-bond donors (Lipinski definition) is 1. The molecule has 0 aromatic carbocycles. The van der Waals surface area contributed by atoms with Gasteiger partial charge in [0.2, 0.25) is 0 Å². The normalized spacial score (nSPS) is 13.4. The van der Waals surface area contributed by atoms with E-state index in [2.05, 4.69) is 67.9 Å². The van der Waals surface area contributed by atoms with E-state index in [1.807, 2.05) is 0 Å². The molecule has 0 atom stereocenters. The van der Waals surface area contributed by atoms with Crippen molar-refractivity contribution < 1.29 is 0 Å². The molecule has 0 spiro atoms. The van der Waals surface area contributed by atoms with Crippen LogP contribution in [0.1, 0.15) is 73.6 Å². The van der Waals surface area contributed by atoms with Gasteiger partial charge in [-0.1, -0.05) is 54.4 Å². The third kappa shape index (κ3) is 12.9. The molecule has 0 rings (SSSR count). The molecule has 0 aliphatic heterocycles. The fourth-order valence-corrected chi connectivity index (χ4v) is 3.01. The predicted molar refractivity (Wildman–Crippen MR) is 87.5 cm³/mol. The number of hydrogen-bond acceptors (Lipinski definition) is 1. The standard InChI is InChI=1S/C15H32IN/c1-14(2,3)11-13(12-15(4,5)6)9-7-8-10-17-16/h13,17H,7-12H2,1-6H3. The monoisotopic (exact) mass is 353 g/mol. The first kappa shape index (κ1) is 17.7. The van der Waals surface area contributed by atoms with Crippen LogP contribution in [0.5, 0.6) is 0 Å². The van der Waals surface area contributed by atoms with Gasteiger partial charge in [-0.25, -0.2) is 0 Å². The lowest BCUT2D eigenvalue weighted by Gasteiger charge is -2.31. The molecular formula is C15H32IN. The Labute approximate surface area is 123 Å². The van der Waals surface area contributed by atoms with Gasteiger partial charge in [0.1, 0.15) is 0 Å². The van der Waals surface area contributed by atoms with Gasteiger partial charge in [0, 0.05) is 29.4 Å². The van der Waals surface area contributed by atoms with E-state index in [9.17, 15) is 0 Å². The summed E-state index contributed by atoms with van der Waals surface area (Å²) in [7, 11) is 0. The first-order valence-corrected chi connectivity index (χ1v) is 8.05. The van der Waals surface area contributed by atoms with Crippen LogP contribution in [0.4, 0.5) is 0 Å². The van der Waals surface area contributed by atoms with Crippen molar-refractivity contribution in [3.8, 4) is 0 Å². The largest absolute Gasteiger partial charge is 0.261 e. The molecule has 0 aromatic heterocycles. The summed E-state index contributed by atoms with van der Waals surface area (Å²) in [5.41, 5.74) is 0.939. The molecule has 0 aromatic rings. The third-order valence-corrected chi connectivity index (χ3v) is 3.48. The molecule has 0 aliphatic carbocycles. The van der Waals surface area contributed by atoms with Crippen LogP contribution in [0, 0.1) is 16.7 Å². The highest BCUT2D eigenvalue weighted by atomic mass is 127. The van der Waals surface area contributed by atoms with E-state index in [1.54, 1.807) is 0 Å². The molecule has 17 heavy (non-hydrogen) atoms. The Bertz CT molecular complexity index is 172. The first-order chi connectivity index (χ1) is 7.64. The van der Waals surface area contributed by atoms with Gasteiger partial charge in [0.05, 0.1) is 0 Å². The summed E-state index contributed by atoms with van der Waals surface area (Å²) in [5, 5.41) is 0. The van der Waals surface area contributed by atoms with Gasteiger partial charge >= 0.3 is 0 Å². The molecule has 1 nitrogen and oxygen atoms in total. The van der Waals surface area contributed by atoms with E-state index in [1.165, 1.54) is 32.1 Å². The van der Waals surface area contributed by atoms with Crippen LogP contribution in [-0.2, 0) is 0 Å². The topological polar surface area (TPSA) is 12.0 Å². The second kappa shape index (κ2) is 7.98. The number of unbranched alkanes of at least 4 members (excludes halogenated alkanes) is 1. The lowest BCUT2D eigenvalue weighted by Crippen LogP contribution is -2.19.